The highest BCUT2D eigenvalue weighted by Gasteiger charge is 2.31. The molecule has 0 aliphatic carbocycles. The van der Waals surface area contributed by atoms with Crippen LogP contribution in [0.4, 0.5) is 5.69 Å². The molecule has 2 aromatic carbocycles. The number of ketones is 1. The molecule has 1 saturated heterocycles. The van der Waals surface area contributed by atoms with Crippen molar-refractivity contribution in [3.05, 3.63) is 65.2 Å². The van der Waals surface area contributed by atoms with Gasteiger partial charge in [0.2, 0.25) is 0 Å². The molecule has 148 valence electrons. The summed E-state index contributed by atoms with van der Waals surface area (Å²) in [4.78, 5) is 26.9. The first-order chi connectivity index (χ1) is 13.4. The highest BCUT2D eigenvalue weighted by molar-refractivity contribution is 5.96. The van der Waals surface area contributed by atoms with Crippen LogP contribution in [0.15, 0.2) is 48.5 Å². The maximum Gasteiger partial charge on any atom is 0.282 e. The molecule has 3 N–H and O–H groups in total. The van der Waals surface area contributed by atoms with Gasteiger partial charge in [-0.3, -0.25) is 9.59 Å². The van der Waals surface area contributed by atoms with E-state index >= 15 is 0 Å². The van der Waals surface area contributed by atoms with E-state index in [1.807, 2.05) is 6.92 Å². The summed E-state index contributed by atoms with van der Waals surface area (Å²) < 4.78 is 0. The van der Waals surface area contributed by atoms with Crippen molar-refractivity contribution in [3.8, 4) is 0 Å². The van der Waals surface area contributed by atoms with Gasteiger partial charge in [0.15, 0.2) is 11.8 Å². The Morgan fingerprint density at radius 3 is 2.25 bits per heavy atom. The summed E-state index contributed by atoms with van der Waals surface area (Å²) in [5, 5.41) is 2.99. The molecular weight excluding hydrogens is 350 g/mol. The Bertz CT molecular complexity index is 824. The lowest BCUT2D eigenvalue weighted by molar-refractivity contribution is -1.02. The largest absolute Gasteiger partial charge is 0.322 e. The number of anilines is 1. The van der Waals surface area contributed by atoms with Crippen molar-refractivity contribution in [2.75, 3.05) is 31.5 Å². The molecule has 0 radical (unpaired) electrons. The molecule has 28 heavy (non-hydrogen) atoms. The molecule has 2 aromatic rings. The molecular formula is C23H31N3O2+2. The molecule has 5 nitrogen and oxygen atoms in total. The van der Waals surface area contributed by atoms with E-state index in [9.17, 15) is 9.59 Å². The fraction of sp³-hybridized carbons (Fsp3) is 0.391. The third-order valence-corrected chi connectivity index (χ3v) is 5.87. The number of aryl methyl sites for hydroxylation is 1. The summed E-state index contributed by atoms with van der Waals surface area (Å²) in [6, 6.07) is 15.6. The van der Waals surface area contributed by atoms with E-state index in [0.717, 1.165) is 38.4 Å². The number of piperazine rings is 1. The van der Waals surface area contributed by atoms with E-state index in [1.54, 1.807) is 36.1 Å². The average molecular weight is 382 g/mol. The van der Waals surface area contributed by atoms with Crippen LogP contribution in [0.5, 0.6) is 0 Å². The predicted octanol–water partition coefficient (Wildman–Crippen LogP) is 0.508. The topological polar surface area (TPSA) is 55.0 Å². The number of hydrogen-bond donors (Lipinski definition) is 3. The Labute approximate surface area is 167 Å². The minimum atomic E-state index is -0.0903. The number of benzene rings is 2. The summed E-state index contributed by atoms with van der Waals surface area (Å²) in [7, 11) is 0. The van der Waals surface area contributed by atoms with E-state index in [0.29, 0.717) is 5.56 Å². The number of quaternary nitrogens is 2. The minimum absolute atomic E-state index is 0.0294. The molecule has 1 atom stereocenters. The number of nitrogens with one attached hydrogen (secondary N) is 3. The lowest BCUT2D eigenvalue weighted by atomic mass is 10.1. The second-order valence-electron chi connectivity index (χ2n) is 7.86. The zero-order valence-electron chi connectivity index (χ0n) is 17.0. The molecule has 3 rings (SSSR count). The van der Waals surface area contributed by atoms with Crippen molar-refractivity contribution in [2.24, 2.45) is 0 Å². The van der Waals surface area contributed by atoms with Crippen molar-refractivity contribution in [1.29, 1.82) is 0 Å². The summed E-state index contributed by atoms with van der Waals surface area (Å²) >= 11 is 0. The molecule has 1 heterocycles. The van der Waals surface area contributed by atoms with E-state index in [1.165, 1.54) is 16.0 Å². The second-order valence-corrected chi connectivity index (χ2v) is 7.86. The molecule has 1 aliphatic heterocycles. The molecule has 0 spiro atoms. The molecule has 0 aromatic heterocycles. The standard InChI is InChI=1S/C23H29N3O2/c1-17-6-4-5-7-21(17)16-25-12-14-26(15-13-25)18(2)23(28)24-22-10-8-20(9-11-22)19(3)27/h4-11,18H,12-16H2,1-3H3,(H,24,28)/p+2/t18-/m1/s1. The second kappa shape index (κ2) is 9.13. The van der Waals surface area contributed by atoms with Gasteiger partial charge in [0.25, 0.3) is 5.91 Å². The van der Waals surface area contributed by atoms with Crippen molar-refractivity contribution in [2.45, 2.75) is 33.4 Å². The smallest absolute Gasteiger partial charge is 0.282 e. The number of amides is 1. The Kier molecular flexibility index (Phi) is 6.60. The summed E-state index contributed by atoms with van der Waals surface area (Å²) in [5.41, 5.74) is 4.17. The van der Waals surface area contributed by atoms with E-state index in [4.69, 9.17) is 0 Å². The van der Waals surface area contributed by atoms with Crippen LogP contribution in [0.1, 0.15) is 35.3 Å². The lowest BCUT2D eigenvalue weighted by Gasteiger charge is -2.32. The van der Waals surface area contributed by atoms with Gasteiger partial charge in [-0.05, 0) is 50.6 Å². The van der Waals surface area contributed by atoms with Crippen LogP contribution >= 0.6 is 0 Å². The zero-order valence-corrected chi connectivity index (χ0v) is 17.0. The number of rotatable bonds is 6. The molecule has 0 saturated carbocycles. The number of carbonyl (C=O) groups excluding carboxylic acids is 2. The Hall–Kier alpha value is -2.50. The van der Waals surface area contributed by atoms with Crippen molar-refractivity contribution < 1.29 is 19.4 Å². The van der Waals surface area contributed by atoms with Crippen LogP contribution in [0.25, 0.3) is 0 Å². The highest BCUT2D eigenvalue weighted by atomic mass is 16.2. The fourth-order valence-corrected chi connectivity index (χ4v) is 3.84. The summed E-state index contributed by atoms with van der Waals surface area (Å²) in [6.45, 7) is 10.9. The number of hydrogen-bond acceptors (Lipinski definition) is 2. The number of Topliss-reactive ketones (excluding diaryl/α,β-unsaturated/α-hetero) is 1. The third-order valence-electron chi connectivity index (χ3n) is 5.87. The third kappa shape index (κ3) is 5.06. The SMILES string of the molecule is CC(=O)c1ccc(NC(=O)[C@@H](C)[NH+]2CC[NH+](Cc3ccccc3C)CC2)cc1. The Balaban J connectivity index is 1.50. The van der Waals surface area contributed by atoms with Crippen LogP contribution in [-0.4, -0.2) is 43.9 Å². The summed E-state index contributed by atoms with van der Waals surface area (Å²) in [6.07, 6.45) is 0. The maximum absolute atomic E-state index is 12.6. The summed E-state index contributed by atoms with van der Waals surface area (Å²) in [5.74, 6) is 0.0645. The van der Waals surface area contributed by atoms with Crippen molar-refractivity contribution in [3.63, 3.8) is 0 Å². The average Bonchev–Trinajstić information content (AvgIpc) is 2.70. The van der Waals surface area contributed by atoms with Crippen LogP contribution in [0, 0.1) is 6.92 Å². The Morgan fingerprint density at radius 2 is 1.64 bits per heavy atom. The highest BCUT2D eigenvalue weighted by Crippen LogP contribution is 2.10. The molecule has 0 bridgehead atoms. The first-order valence-electron chi connectivity index (χ1n) is 10.1. The molecule has 5 heteroatoms. The molecule has 1 fully saturated rings. The predicted molar refractivity (Wildman–Crippen MR) is 111 cm³/mol. The van der Waals surface area contributed by atoms with Gasteiger partial charge in [0, 0.05) is 16.8 Å². The van der Waals surface area contributed by atoms with Crippen LogP contribution < -0.4 is 15.1 Å². The Morgan fingerprint density at radius 1 is 1.00 bits per heavy atom. The van der Waals surface area contributed by atoms with E-state index in [2.05, 4.69) is 36.5 Å². The first-order valence-corrected chi connectivity index (χ1v) is 10.1. The van der Waals surface area contributed by atoms with Gasteiger partial charge in [-0.2, -0.15) is 0 Å². The van der Waals surface area contributed by atoms with Gasteiger partial charge >= 0.3 is 0 Å². The van der Waals surface area contributed by atoms with E-state index < -0.39 is 0 Å². The zero-order chi connectivity index (χ0) is 20.1. The van der Waals surface area contributed by atoms with Crippen molar-refractivity contribution in [1.82, 2.24) is 0 Å². The van der Waals surface area contributed by atoms with Gasteiger partial charge in [0.1, 0.15) is 32.7 Å². The lowest BCUT2D eigenvalue weighted by Crippen LogP contribution is -3.29. The van der Waals surface area contributed by atoms with Crippen LogP contribution in [0.3, 0.4) is 0 Å². The maximum atomic E-state index is 12.6. The fourth-order valence-electron chi connectivity index (χ4n) is 3.84. The van der Waals surface area contributed by atoms with Gasteiger partial charge in [-0.15, -0.1) is 0 Å². The molecule has 1 amide bonds. The molecule has 0 unspecified atom stereocenters. The monoisotopic (exact) mass is 381 g/mol. The number of carbonyl (C=O) groups is 2. The van der Waals surface area contributed by atoms with Gasteiger partial charge in [-0.25, -0.2) is 0 Å². The van der Waals surface area contributed by atoms with E-state index in [-0.39, 0.29) is 17.7 Å². The van der Waals surface area contributed by atoms with Crippen molar-refractivity contribution >= 4 is 17.4 Å². The first kappa shape index (κ1) is 20.2. The van der Waals surface area contributed by atoms with Crippen LogP contribution in [0.2, 0.25) is 0 Å². The van der Waals surface area contributed by atoms with Gasteiger partial charge < -0.3 is 15.1 Å². The molecule has 1 aliphatic rings. The normalized spacial score (nSPS) is 20.4. The quantitative estimate of drug-likeness (QED) is 0.639. The van der Waals surface area contributed by atoms with Crippen LogP contribution in [-0.2, 0) is 11.3 Å². The van der Waals surface area contributed by atoms with Gasteiger partial charge in [0.05, 0.1) is 0 Å². The minimum Gasteiger partial charge on any atom is -0.322 e. The van der Waals surface area contributed by atoms with Gasteiger partial charge in [-0.1, -0.05) is 24.3 Å².